The Morgan fingerprint density at radius 2 is 1.86 bits per heavy atom. The van der Waals surface area contributed by atoms with Crippen LogP contribution < -0.4 is 4.74 Å². The number of pyridine rings is 1. The van der Waals surface area contributed by atoms with E-state index in [1.165, 1.54) is 0 Å². The minimum Gasteiger partial charge on any atom is -0.497 e. The van der Waals surface area contributed by atoms with Crippen molar-refractivity contribution in [3.05, 3.63) is 47.4 Å². The maximum atomic E-state index is 11.2. The van der Waals surface area contributed by atoms with Crippen LogP contribution in [0.25, 0.3) is 16.9 Å². The van der Waals surface area contributed by atoms with Crippen LogP contribution in [0.2, 0.25) is 0 Å². The Labute approximate surface area is 127 Å². The second-order valence-electron chi connectivity index (χ2n) is 4.96. The van der Waals surface area contributed by atoms with Gasteiger partial charge in [0.05, 0.1) is 18.4 Å². The molecule has 0 atom stereocenters. The molecule has 0 saturated carbocycles. The van der Waals surface area contributed by atoms with E-state index < -0.39 is 5.97 Å². The Balaban J connectivity index is 2.23. The molecule has 0 bridgehead atoms. The van der Waals surface area contributed by atoms with E-state index in [2.05, 4.69) is 9.97 Å². The highest BCUT2D eigenvalue weighted by Crippen LogP contribution is 2.23. The molecule has 0 aliphatic carbocycles. The van der Waals surface area contributed by atoms with Crippen LogP contribution in [0.3, 0.4) is 0 Å². The van der Waals surface area contributed by atoms with Gasteiger partial charge in [0.25, 0.3) is 0 Å². The number of nitrogens with zero attached hydrogens (tertiary/aromatic N) is 3. The summed E-state index contributed by atoms with van der Waals surface area (Å²) in [6.45, 7) is 3.55. The Kier molecular flexibility index (Phi) is 3.29. The van der Waals surface area contributed by atoms with Gasteiger partial charge in [-0.05, 0) is 44.2 Å². The minimum absolute atomic E-state index is 0.173. The van der Waals surface area contributed by atoms with Gasteiger partial charge in [-0.2, -0.15) is 0 Å². The molecular formula is C16H15N3O3. The van der Waals surface area contributed by atoms with E-state index in [1.54, 1.807) is 20.1 Å². The van der Waals surface area contributed by atoms with Gasteiger partial charge >= 0.3 is 5.97 Å². The van der Waals surface area contributed by atoms with Gasteiger partial charge < -0.3 is 9.84 Å². The molecule has 2 aromatic heterocycles. The number of fused-ring (bicyclic) bond motifs is 1. The average molecular weight is 297 g/mol. The fourth-order valence-corrected chi connectivity index (χ4v) is 2.46. The number of rotatable bonds is 3. The van der Waals surface area contributed by atoms with Crippen LogP contribution in [0.1, 0.15) is 21.9 Å². The van der Waals surface area contributed by atoms with Crippen LogP contribution in [0.15, 0.2) is 30.3 Å². The molecule has 1 aromatic carbocycles. The van der Waals surface area contributed by atoms with Crippen LogP contribution in [-0.2, 0) is 0 Å². The molecule has 112 valence electrons. The predicted molar refractivity (Wildman–Crippen MR) is 81.9 cm³/mol. The van der Waals surface area contributed by atoms with Crippen LogP contribution in [-0.4, -0.2) is 32.7 Å². The second kappa shape index (κ2) is 5.14. The van der Waals surface area contributed by atoms with Crippen LogP contribution in [0.5, 0.6) is 5.75 Å². The molecule has 0 saturated heterocycles. The van der Waals surface area contributed by atoms with Crippen molar-refractivity contribution in [1.29, 1.82) is 0 Å². The summed E-state index contributed by atoms with van der Waals surface area (Å²) in [5.74, 6) is 0.515. The highest BCUT2D eigenvalue weighted by atomic mass is 16.5. The van der Waals surface area contributed by atoms with Crippen LogP contribution in [0.4, 0.5) is 0 Å². The number of hydrogen-bond acceptors (Lipinski definition) is 4. The van der Waals surface area contributed by atoms with Crippen molar-refractivity contribution in [1.82, 2.24) is 14.5 Å². The number of methoxy groups -OCH3 is 1. The van der Waals surface area contributed by atoms with Crippen LogP contribution in [0, 0.1) is 13.8 Å². The smallest absolute Gasteiger partial charge is 0.337 e. The first kappa shape index (κ1) is 14.1. The SMILES string of the molecule is COc1ccc(-n2c(C)nc3cc(C(=O)O)c(C)nc32)cc1. The van der Waals surface area contributed by atoms with Gasteiger partial charge in [-0.1, -0.05) is 0 Å². The number of carboxylic acid groups (broad SMARTS) is 1. The van der Waals surface area contributed by atoms with Crippen molar-refractivity contribution < 1.29 is 14.6 Å². The van der Waals surface area contributed by atoms with Crippen molar-refractivity contribution in [2.45, 2.75) is 13.8 Å². The Bertz CT molecular complexity index is 866. The number of imidazole rings is 1. The summed E-state index contributed by atoms with van der Waals surface area (Å²) in [4.78, 5) is 20.1. The predicted octanol–water partition coefficient (Wildman–Crippen LogP) is 2.74. The summed E-state index contributed by atoms with van der Waals surface area (Å²) in [5, 5.41) is 9.19. The third-order valence-electron chi connectivity index (χ3n) is 3.55. The summed E-state index contributed by atoms with van der Waals surface area (Å²) in [7, 11) is 1.62. The summed E-state index contributed by atoms with van der Waals surface area (Å²) < 4.78 is 7.06. The third kappa shape index (κ3) is 2.18. The molecule has 0 spiro atoms. The maximum Gasteiger partial charge on any atom is 0.337 e. The van der Waals surface area contributed by atoms with E-state index in [9.17, 15) is 9.90 Å². The highest BCUT2D eigenvalue weighted by Gasteiger charge is 2.16. The number of carbonyl (C=O) groups is 1. The van der Waals surface area contributed by atoms with Gasteiger partial charge in [0.15, 0.2) is 5.65 Å². The second-order valence-corrected chi connectivity index (χ2v) is 4.96. The van der Waals surface area contributed by atoms with Crippen molar-refractivity contribution in [2.24, 2.45) is 0 Å². The van der Waals surface area contributed by atoms with Crippen molar-refractivity contribution in [3.8, 4) is 11.4 Å². The fraction of sp³-hybridized carbons (Fsp3) is 0.188. The molecule has 0 radical (unpaired) electrons. The highest BCUT2D eigenvalue weighted by molar-refractivity contribution is 5.92. The molecule has 6 nitrogen and oxygen atoms in total. The Hall–Kier alpha value is -2.89. The molecule has 22 heavy (non-hydrogen) atoms. The number of carboxylic acids is 1. The normalized spacial score (nSPS) is 10.9. The molecule has 0 amide bonds. The van der Waals surface area contributed by atoms with Crippen molar-refractivity contribution >= 4 is 17.1 Å². The van der Waals surface area contributed by atoms with Crippen molar-refractivity contribution in [3.63, 3.8) is 0 Å². The molecule has 1 N–H and O–H groups in total. The zero-order valence-electron chi connectivity index (χ0n) is 12.5. The lowest BCUT2D eigenvalue weighted by Gasteiger charge is -2.08. The average Bonchev–Trinajstić information content (AvgIpc) is 2.81. The molecule has 3 aromatic rings. The number of aryl methyl sites for hydroxylation is 2. The first-order valence-corrected chi connectivity index (χ1v) is 6.75. The Morgan fingerprint density at radius 1 is 1.18 bits per heavy atom. The molecule has 0 fully saturated rings. The zero-order chi connectivity index (χ0) is 15.9. The molecular weight excluding hydrogens is 282 g/mol. The van der Waals surface area contributed by atoms with Gasteiger partial charge in [-0.15, -0.1) is 0 Å². The number of aromatic nitrogens is 3. The van der Waals surface area contributed by atoms with E-state index in [0.717, 1.165) is 17.3 Å². The molecule has 6 heteroatoms. The van der Waals surface area contributed by atoms with E-state index in [4.69, 9.17) is 4.74 Å². The number of aromatic carboxylic acids is 1. The van der Waals surface area contributed by atoms with Gasteiger partial charge in [0.1, 0.15) is 17.1 Å². The lowest BCUT2D eigenvalue weighted by Crippen LogP contribution is -2.04. The first-order chi connectivity index (χ1) is 10.5. The molecule has 3 rings (SSSR count). The molecule has 0 aliphatic heterocycles. The number of benzene rings is 1. The maximum absolute atomic E-state index is 11.2. The van der Waals surface area contributed by atoms with Gasteiger partial charge in [0, 0.05) is 5.69 Å². The molecule has 0 unspecified atom stereocenters. The summed E-state index contributed by atoms with van der Waals surface area (Å²) in [6, 6.07) is 9.11. The van der Waals surface area contributed by atoms with Gasteiger partial charge in [0.2, 0.25) is 0 Å². The van der Waals surface area contributed by atoms with E-state index in [0.29, 0.717) is 16.9 Å². The van der Waals surface area contributed by atoms with E-state index in [-0.39, 0.29) is 5.56 Å². The van der Waals surface area contributed by atoms with E-state index in [1.807, 2.05) is 35.8 Å². The molecule has 2 heterocycles. The topological polar surface area (TPSA) is 77.2 Å². The fourth-order valence-electron chi connectivity index (χ4n) is 2.46. The van der Waals surface area contributed by atoms with Crippen LogP contribution >= 0.6 is 0 Å². The minimum atomic E-state index is -0.997. The van der Waals surface area contributed by atoms with E-state index >= 15 is 0 Å². The first-order valence-electron chi connectivity index (χ1n) is 6.75. The summed E-state index contributed by atoms with van der Waals surface area (Å²) in [6.07, 6.45) is 0. The summed E-state index contributed by atoms with van der Waals surface area (Å²) in [5.41, 5.74) is 2.75. The summed E-state index contributed by atoms with van der Waals surface area (Å²) >= 11 is 0. The quantitative estimate of drug-likeness (QED) is 0.804. The number of hydrogen-bond donors (Lipinski definition) is 1. The largest absolute Gasteiger partial charge is 0.497 e. The Morgan fingerprint density at radius 3 is 2.45 bits per heavy atom. The molecule has 0 aliphatic rings. The zero-order valence-corrected chi connectivity index (χ0v) is 12.5. The third-order valence-corrected chi connectivity index (χ3v) is 3.55. The lowest BCUT2D eigenvalue weighted by molar-refractivity contribution is 0.0696. The monoisotopic (exact) mass is 297 g/mol. The van der Waals surface area contributed by atoms with Crippen molar-refractivity contribution in [2.75, 3.05) is 7.11 Å². The van der Waals surface area contributed by atoms with Gasteiger partial charge in [-0.3, -0.25) is 4.57 Å². The standard InChI is InChI=1S/C16H15N3O3/c1-9-13(16(20)21)8-14-15(17-9)19(10(2)18-14)11-4-6-12(22-3)7-5-11/h4-8H,1-3H3,(H,20,21). The van der Waals surface area contributed by atoms with Gasteiger partial charge in [-0.25, -0.2) is 14.8 Å². The lowest BCUT2D eigenvalue weighted by atomic mass is 10.2. The number of ether oxygens (including phenoxy) is 1.